The molecule has 3 saturated heterocycles. The number of hydrogen-bond donors (Lipinski definition) is 0. The second-order valence-electron chi connectivity index (χ2n) is 9.65. The summed E-state index contributed by atoms with van der Waals surface area (Å²) in [6.07, 6.45) is 13.2. The summed E-state index contributed by atoms with van der Waals surface area (Å²) in [4.78, 5) is 30.1. The number of amides is 2. The van der Waals surface area contributed by atoms with Crippen molar-refractivity contribution in [2.75, 3.05) is 32.4 Å². The van der Waals surface area contributed by atoms with Crippen molar-refractivity contribution in [1.82, 2.24) is 14.1 Å². The molecule has 7 nitrogen and oxygen atoms in total. The summed E-state index contributed by atoms with van der Waals surface area (Å²) in [6, 6.07) is -0.652. The van der Waals surface area contributed by atoms with Crippen molar-refractivity contribution < 1.29 is 18.0 Å². The van der Waals surface area contributed by atoms with Crippen LogP contribution in [0.15, 0.2) is 0 Å². The summed E-state index contributed by atoms with van der Waals surface area (Å²) >= 11 is 0. The van der Waals surface area contributed by atoms with Gasteiger partial charge in [-0.05, 0) is 51.7 Å². The molecule has 0 spiro atoms. The Hall–Kier alpha value is -1.15. The van der Waals surface area contributed by atoms with E-state index in [4.69, 9.17) is 0 Å². The third-order valence-corrected chi connectivity index (χ3v) is 8.42. The molecule has 0 aliphatic carbocycles. The van der Waals surface area contributed by atoms with E-state index in [0.29, 0.717) is 25.8 Å². The van der Waals surface area contributed by atoms with E-state index in [1.165, 1.54) is 58.2 Å². The third kappa shape index (κ3) is 6.01. The van der Waals surface area contributed by atoms with Crippen LogP contribution in [0, 0.1) is 5.92 Å². The van der Waals surface area contributed by atoms with Gasteiger partial charge in [0.25, 0.3) is 0 Å². The van der Waals surface area contributed by atoms with Crippen molar-refractivity contribution in [2.24, 2.45) is 5.92 Å². The molecule has 0 saturated carbocycles. The SMILES string of the molecule is CCC[C@H]1C(=O)N(S(C)(=O)=O)[C@H]2CCN(C(=O)CCCCCCCCCN3CCC3)[C@H]12. The number of nitrogens with zero attached hydrogens (tertiary/aromatic N) is 3. The summed E-state index contributed by atoms with van der Waals surface area (Å²) in [5, 5.41) is 0. The quantitative estimate of drug-likeness (QED) is 0.399. The van der Waals surface area contributed by atoms with Crippen molar-refractivity contribution in [3.63, 3.8) is 0 Å². The molecule has 0 unspecified atom stereocenters. The molecule has 2 amide bonds. The number of rotatable bonds is 13. The van der Waals surface area contributed by atoms with E-state index in [1.807, 2.05) is 11.8 Å². The zero-order valence-corrected chi connectivity index (χ0v) is 20.2. The minimum Gasteiger partial charge on any atom is -0.337 e. The van der Waals surface area contributed by atoms with Gasteiger partial charge in [0.1, 0.15) is 0 Å². The summed E-state index contributed by atoms with van der Waals surface area (Å²) in [5.74, 6) is -0.607. The zero-order chi connectivity index (χ0) is 22.4. The first-order valence-corrected chi connectivity index (χ1v) is 14.2. The highest BCUT2D eigenvalue weighted by Gasteiger charge is 2.56. The smallest absolute Gasteiger partial charge is 0.241 e. The van der Waals surface area contributed by atoms with Crippen LogP contribution in [0.5, 0.6) is 0 Å². The van der Waals surface area contributed by atoms with Crippen molar-refractivity contribution in [3.05, 3.63) is 0 Å². The summed E-state index contributed by atoms with van der Waals surface area (Å²) in [7, 11) is -3.60. The number of hydrogen-bond acceptors (Lipinski definition) is 5. The highest BCUT2D eigenvalue weighted by molar-refractivity contribution is 7.88. The first-order chi connectivity index (χ1) is 14.8. The summed E-state index contributed by atoms with van der Waals surface area (Å²) < 4.78 is 25.5. The highest BCUT2D eigenvalue weighted by atomic mass is 32.2. The maximum absolute atomic E-state index is 12.9. The van der Waals surface area contributed by atoms with E-state index in [0.717, 1.165) is 29.8 Å². The number of sulfonamides is 1. The molecule has 0 radical (unpaired) electrons. The fourth-order valence-corrected chi connectivity index (χ4v) is 6.75. The van der Waals surface area contributed by atoms with Gasteiger partial charge in [-0.3, -0.25) is 9.59 Å². The zero-order valence-electron chi connectivity index (χ0n) is 19.4. The van der Waals surface area contributed by atoms with Crippen LogP contribution >= 0.6 is 0 Å². The number of carbonyl (C=O) groups is 2. The van der Waals surface area contributed by atoms with Gasteiger partial charge in [-0.15, -0.1) is 0 Å². The molecule has 0 aromatic carbocycles. The molecule has 3 fully saturated rings. The van der Waals surface area contributed by atoms with E-state index >= 15 is 0 Å². The van der Waals surface area contributed by atoms with Gasteiger partial charge in [0.05, 0.1) is 24.3 Å². The third-order valence-electron chi connectivity index (χ3n) is 7.26. The topological polar surface area (TPSA) is 78.0 Å². The van der Waals surface area contributed by atoms with Crippen molar-refractivity contribution in [2.45, 2.75) is 96.1 Å². The molecule has 8 heteroatoms. The molecule has 3 aliphatic heterocycles. The molecule has 3 heterocycles. The Kier molecular flexibility index (Phi) is 8.79. The van der Waals surface area contributed by atoms with Crippen LogP contribution in [0.1, 0.15) is 84.0 Å². The summed E-state index contributed by atoms with van der Waals surface area (Å²) in [6.45, 7) is 6.38. The molecule has 3 rings (SSSR count). The largest absolute Gasteiger partial charge is 0.337 e. The minimum atomic E-state index is -3.60. The molecule has 31 heavy (non-hydrogen) atoms. The first-order valence-electron chi connectivity index (χ1n) is 12.4. The van der Waals surface area contributed by atoms with Gasteiger partial charge < -0.3 is 9.80 Å². The lowest BCUT2D eigenvalue weighted by molar-refractivity contribution is -0.134. The maximum atomic E-state index is 12.9. The lowest BCUT2D eigenvalue weighted by Crippen LogP contribution is -2.43. The van der Waals surface area contributed by atoms with Gasteiger partial charge in [0.15, 0.2) is 0 Å². The first kappa shape index (κ1) is 24.5. The van der Waals surface area contributed by atoms with Crippen LogP contribution in [0.25, 0.3) is 0 Å². The van der Waals surface area contributed by atoms with Gasteiger partial charge in [-0.1, -0.05) is 45.4 Å². The maximum Gasteiger partial charge on any atom is 0.241 e. The Morgan fingerprint density at radius 1 is 1.00 bits per heavy atom. The minimum absolute atomic E-state index is 0.0892. The number of carbonyl (C=O) groups excluding carboxylic acids is 2. The van der Waals surface area contributed by atoms with E-state index < -0.39 is 10.0 Å². The summed E-state index contributed by atoms with van der Waals surface area (Å²) in [5.41, 5.74) is 0. The highest BCUT2D eigenvalue weighted by Crippen LogP contribution is 2.40. The average Bonchev–Trinajstić information content (AvgIpc) is 3.19. The second kappa shape index (κ2) is 11.1. The standard InChI is InChI=1S/C23H41N3O4S/c1-3-12-19-22-20(26(23(19)28)31(2,29)30)14-18-25(22)21(27)13-9-7-5-4-6-8-10-15-24-16-11-17-24/h19-20,22H,3-18H2,1-2H3/t19-,20+,22-/m1/s1. The predicted molar refractivity (Wildman–Crippen MR) is 122 cm³/mol. The van der Waals surface area contributed by atoms with Crippen LogP contribution in [0.3, 0.4) is 0 Å². The molecule has 178 valence electrons. The fourth-order valence-electron chi connectivity index (χ4n) is 5.56. The Morgan fingerprint density at radius 2 is 1.65 bits per heavy atom. The molecular weight excluding hydrogens is 414 g/mol. The molecular formula is C23H41N3O4S. The van der Waals surface area contributed by atoms with Gasteiger partial charge in [-0.2, -0.15) is 0 Å². The Bertz CT molecular complexity index is 722. The van der Waals surface area contributed by atoms with Crippen LogP contribution in [0.2, 0.25) is 0 Å². The van der Waals surface area contributed by atoms with E-state index in [2.05, 4.69) is 4.90 Å². The molecule has 0 N–H and O–H groups in total. The van der Waals surface area contributed by atoms with Crippen LogP contribution in [-0.2, 0) is 19.6 Å². The number of fused-ring (bicyclic) bond motifs is 1. The molecule has 0 bridgehead atoms. The molecule has 0 aromatic rings. The van der Waals surface area contributed by atoms with Gasteiger partial charge in [0.2, 0.25) is 21.8 Å². The fraction of sp³-hybridized carbons (Fsp3) is 0.913. The number of likely N-dealkylation sites (tertiary alicyclic amines) is 2. The molecule has 3 atom stereocenters. The lowest BCUT2D eigenvalue weighted by Gasteiger charge is -2.30. The Balaban J connectivity index is 1.38. The van der Waals surface area contributed by atoms with Gasteiger partial charge in [0, 0.05) is 13.0 Å². The van der Waals surface area contributed by atoms with Crippen molar-refractivity contribution >= 4 is 21.8 Å². The van der Waals surface area contributed by atoms with Gasteiger partial charge in [-0.25, -0.2) is 12.7 Å². The van der Waals surface area contributed by atoms with Gasteiger partial charge >= 0.3 is 0 Å². The van der Waals surface area contributed by atoms with Crippen LogP contribution in [-0.4, -0.2) is 78.9 Å². The van der Waals surface area contributed by atoms with E-state index in [-0.39, 0.29) is 29.8 Å². The number of unbranched alkanes of at least 4 members (excludes halogenated alkanes) is 6. The van der Waals surface area contributed by atoms with Crippen molar-refractivity contribution in [1.29, 1.82) is 0 Å². The van der Waals surface area contributed by atoms with Crippen LogP contribution in [0.4, 0.5) is 0 Å². The lowest BCUT2D eigenvalue weighted by atomic mass is 9.94. The predicted octanol–water partition coefficient (Wildman–Crippen LogP) is 3.00. The Labute approximate surface area is 188 Å². The van der Waals surface area contributed by atoms with E-state index in [9.17, 15) is 18.0 Å². The van der Waals surface area contributed by atoms with E-state index in [1.54, 1.807) is 0 Å². The molecule has 0 aromatic heterocycles. The monoisotopic (exact) mass is 455 g/mol. The van der Waals surface area contributed by atoms with Crippen LogP contribution < -0.4 is 0 Å². The average molecular weight is 456 g/mol. The Morgan fingerprint density at radius 3 is 2.23 bits per heavy atom. The second-order valence-corrected chi connectivity index (χ2v) is 11.5. The normalized spacial score (nSPS) is 26.4. The van der Waals surface area contributed by atoms with Crippen molar-refractivity contribution in [3.8, 4) is 0 Å². The molecule has 3 aliphatic rings.